The highest BCUT2D eigenvalue weighted by atomic mass is 16.6. The van der Waals surface area contributed by atoms with Gasteiger partial charge in [-0.3, -0.25) is 9.59 Å². The number of carbonyl (C=O) groups excluding carboxylic acids is 2. The second-order valence-electron chi connectivity index (χ2n) is 18.5. The van der Waals surface area contributed by atoms with Crippen molar-refractivity contribution in [1.82, 2.24) is 0 Å². The molecule has 0 aliphatic heterocycles. The average molecular weight is 895 g/mol. The standard InChI is InChI=1S/C59H106O5/c1-4-7-10-13-16-19-22-25-27-28-29-30-31-33-36-39-42-45-48-51-54-62-55-57(64-59(61)53-50-47-44-41-38-34-24-21-18-15-12-9-6-3)56-63-58(60)52-49-46-43-40-37-35-32-26-23-20-17-14-11-8-5-2/h7,10,16,19,25,27,29-30,33,36,57H,4-6,8-9,11-15,17-18,20-24,26,28,31-32,34-35,37-56H2,1-3H3/b10-7-,19-16-,27-25-,30-29-,36-33-. The summed E-state index contributed by atoms with van der Waals surface area (Å²) in [5.41, 5.74) is 0. The number of hydrogen-bond donors (Lipinski definition) is 0. The van der Waals surface area contributed by atoms with Crippen molar-refractivity contribution in [3.05, 3.63) is 60.8 Å². The molecule has 0 aliphatic rings. The normalized spacial score (nSPS) is 12.6. The third-order valence-electron chi connectivity index (χ3n) is 12.1. The van der Waals surface area contributed by atoms with Crippen LogP contribution in [-0.2, 0) is 23.8 Å². The molecule has 0 bridgehead atoms. The quantitative estimate of drug-likeness (QED) is 0.0346. The lowest BCUT2D eigenvalue weighted by Gasteiger charge is -2.18. The van der Waals surface area contributed by atoms with Gasteiger partial charge in [0.25, 0.3) is 0 Å². The monoisotopic (exact) mass is 895 g/mol. The van der Waals surface area contributed by atoms with E-state index in [0.29, 0.717) is 19.4 Å². The number of hydrogen-bond acceptors (Lipinski definition) is 5. The maximum atomic E-state index is 12.8. The summed E-state index contributed by atoms with van der Waals surface area (Å²) in [5.74, 6) is -0.398. The Balaban J connectivity index is 4.28. The van der Waals surface area contributed by atoms with Crippen LogP contribution in [0.3, 0.4) is 0 Å². The van der Waals surface area contributed by atoms with Gasteiger partial charge in [0.05, 0.1) is 6.61 Å². The van der Waals surface area contributed by atoms with Gasteiger partial charge in [0, 0.05) is 19.4 Å². The SMILES string of the molecule is CC/C=C\C/C=C\C/C=C\C/C=C\C/C=C\CCCCCCOCC(COC(=O)CCCCCCCCCCCCCCCCC)OC(=O)CCCCCCCCCCCCCCC. The van der Waals surface area contributed by atoms with Gasteiger partial charge < -0.3 is 14.2 Å². The fraction of sp³-hybridized carbons (Fsp3) is 0.797. The van der Waals surface area contributed by atoms with E-state index in [1.165, 1.54) is 167 Å². The van der Waals surface area contributed by atoms with Crippen molar-refractivity contribution in [3.8, 4) is 0 Å². The van der Waals surface area contributed by atoms with Gasteiger partial charge in [0.1, 0.15) is 6.61 Å². The Morgan fingerprint density at radius 1 is 0.359 bits per heavy atom. The van der Waals surface area contributed by atoms with Crippen LogP contribution in [-0.4, -0.2) is 37.9 Å². The zero-order valence-corrected chi connectivity index (χ0v) is 42.8. The third-order valence-corrected chi connectivity index (χ3v) is 12.1. The molecule has 0 rings (SSSR count). The largest absolute Gasteiger partial charge is 0.462 e. The van der Waals surface area contributed by atoms with E-state index in [-0.39, 0.29) is 25.2 Å². The number of ether oxygens (including phenoxy) is 3. The second kappa shape index (κ2) is 54.9. The molecule has 5 nitrogen and oxygen atoms in total. The zero-order valence-electron chi connectivity index (χ0n) is 42.8. The lowest BCUT2D eigenvalue weighted by molar-refractivity contribution is -0.163. The molecular weight excluding hydrogens is 789 g/mol. The summed E-state index contributed by atoms with van der Waals surface area (Å²) >= 11 is 0. The van der Waals surface area contributed by atoms with Crippen LogP contribution >= 0.6 is 0 Å². The third kappa shape index (κ3) is 52.2. The number of unbranched alkanes of at least 4 members (excludes halogenated alkanes) is 30. The maximum absolute atomic E-state index is 12.8. The van der Waals surface area contributed by atoms with Crippen LogP contribution in [0.25, 0.3) is 0 Å². The highest BCUT2D eigenvalue weighted by Crippen LogP contribution is 2.16. The second-order valence-corrected chi connectivity index (χ2v) is 18.5. The fourth-order valence-corrected chi connectivity index (χ4v) is 7.95. The maximum Gasteiger partial charge on any atom is 0.306 e. The van der Waals surface area contributed by atoms with Gasteiger partial charge in [-0.05, 0) is 64.2 Å². The van der Waals surface area contributed by atoms with E-state index in [2.05, 4.69) is 81.5 Å². The Labute approximate surface area is 398 Å². The minimum atomic E-state index is -0.546. The lowest BCUT2D eigenvalue weighted by Crippen LogP contribution is -2.30. The van der Waals surface area contributed by atoms with Crippen LogP contribution in [0.5, 0.6) is 0 Å². The van der Waals surface area contributed by atoms with Crippen LogP contribution in [0, 0.1) is 0 Å². The molecule has 1 atom stereocenters. The van der Waals surface area contributed by atoms with E-state index in [0.717, 1.165) is 77.0 Å². The predicted octanol–water partition coefficient (Wildman–Crippen LogP) is 18.9. The van der Waals surface area contributed by atoms with Crippen LogP contribution in [0.1, 0.15) is 278 Å². The molecule has 0 fully saturated rings. The number of esters is 2. The molecule has 0 amide bonds. The first-order valence-electron chi connectivity index (χ1n) is 27.8. The Morgan fingerprint density at radius 2 is 0.703 bits per heavy atom. The van der Waals surface area contributed by atoms with Gasteiger partial charge in [-0.2, -0.15) is 0 Å². The van der Waals surface area contributed by atoms with E-state index in [4.69, 9.17) is 14.2 Å². The Bertz CT molecular complexity index is 1100. The van der Waals surface area contributed by atoms with E-state index in [9.17, 15) is 9.59 Å². The van der Waals surface area contributed by atoms with E-state index >= 15 is 0 Å². The van der Waals surface area contributed by atoms with Crippen LogP contribution in [0.4, 0.5) is 0 Å². The zero-order chi connectivity index (χ0) is 46.3. The van der Waals surface area contributed by atoms with Gasteiger partial charge in [0.15, 0.2) is 6.10 Å². The summed E-state index contributed by atoms with van der Waals surface area (Å²) in [6, 6.07) is 0. The van der Waals surface area contributed by atoms with E-state index < -0.39 is 6.10 Å². The van der Waals surface area contributed by atoms with Crippen molar-refractivity contribution in [1.29, 1.82) is 0 Å². The summed E-state index contributed by atoms with van der Waals surface area (Å²) in [6.07, 6.45) is 69.5. The van der Waals surface area contributed by atoms with Gasteiger partial charge in [-0.25, -0.2) is 0 Å². The van der Waals surface area contributed by atoms with Gasteiger partial charge in [0.2, 0.25) is 0 Å². The molecule has 0 saturated carbocycles. The molecule has 372 valence electrons. The van der Waals surface area contributed by atoms with Crippen molar-refractivity contribution in [2.45, 2.75) is 284 Å². The van der Waals surface area contributed by atoms with Crippen LogP contribution in [0.15, 0.2) is 60.8 Å². The van der Waals surface area contributed by atoms with E-state index in [1.807, 2.05) is 0 Å². The number of carbonyl (C=O) groups is 2. The van der Waals surface area contributed by atoms with Gasteiger partial charge in [-0.1, -0.05) is 261 Å². The Hall–Kier alpha value is -2.40. The minimum absolute atomic E-state index is 0.0785. The lowest BCUT2D eigenvalue weighted by atomic mass is 10.0. The minimum Gasteiger partial charge on any atom is -0.462 e. The molecule has 0 heterocycles. The molecule has 64 heavy (non-hydrogen) atoms. The van der Waals surface area contributed by atoms with Gasteiger partial charge in [-0.15, -0.1) is 0 Å². The smallest absolute Gasteiger partial charge is 0.306 e. The molecule has 1 unspecified atom stereocenters. The van der Waals surface area contributed by atoms with E-state index in [1.54, 1.807) is 0 Å². The van der Waals surface area contributed by atoms with Crippen molar-refractivity contribution >= 4 is 11.9 Å². The topological polar surface area (TPSA) is 61.8 Å². The fourth-order valence-electron chi connectivity index (χ4n) is 7.95. The molecule has 0 aromatic heterocycles. The molecule has 0 aromatic rings. The molecular formula is C59H106O5. The molecule has 5 heteroatoms. The molecule has 0 saturated heterocycles. The highest BCUT2D eigenvalue weighted by Gasteiger charge is 2.17. The van der Waals surface area contributed by atoms with Gasteiger partial charge >= 0.3 is 11.9 Å². The first-order valence-corrected chi connectivity index (χ1v) is 27.8. The average Bonchev–Trinajstić information content (AvgIpc) is 3.30. The number of allylic oxidation sites excluding steroid dienone is 10. The summed E-state index contributed by atoms with van der Waals surface area (Å²) in [4.78, 5) is 25.4. The summed E-state index contributed by atoms with van der Waals surface area (Å²) in [6.45, 7) is 7.70. The molecule has 0 radical (unpaired) electrons. The summed E-state index contributed by atoms with van der Waals surface area (Å²) in [7, 11) is 0. The molecule has 0 aromatic carbocycles. The first-order chi connectivity index (χ1) is 31.6. The highest BCUT2D eigenvalue weighted by molar-refractivity contribution is 5.70. The van der Waals surface area contributed by atoms with Crippen molar-refractivity contribution in [2.75, 3.05) is 19.8 Å². The Morgan fingerprint density at radius 3 is 1.12 bits per heavy atom. The first kappa shape index (κ1) is 61.6. The van der Waals surface area contributed by atoms with Crippen LogP contribution < -0.4 is 0 Å². The molecule has 0 N–H and O–H groups in total. The van der Waals surface area contributed by atoms with Crippen LogP contribution in [0.2, 0.25) is 0 Å². The summed E-state index contributed by atoms with van der Waals surface area (Å²) < 4.78 is 17.4. The number of rotatable bonds is 51. The van der Waals surface area contributed by atoms with Crippen molar-refractivity contribution in [3.63, 3.8) is 0 Å². The van der Waals surface area contributed by atoms with Crippen molar-refractivity contribution < 1.29 is 23.8 Å². The van der Waals surface area contributed by atoms with Crippen molar-refractivity contribution in [2.24, 2.45) is 0 Å². The predicted molar refractivity (Wildman–Crippen MR) is 279 cm³/mol. The Kier molecular flexibility index (Phi) is 52.9. The molecule has 0 spiro atoms. The molecule has 0 aliphatic carbocycles. The summed E-state index contributed by atoms with van der Waals surface area (Å²) in [5, 5.41) is 0.